The van der Waals surface area contributed by atoms with E-state index in [0.717, 1.165) is 17.5 Å². The second-order valence-electron chi connectivity index (χ2n) is 6.74. The molecule has 1 aliphatic rings. The molecule has 25 heavy (non-hydrogen) atoms. The summed E-state index contributed by atoms with van der Waals surface area (Å²) in [5.74, 6) is 0.988. The highest BCUT2D eigenvalue weighted by molar-refractivity contribution is 6.32. The van der Waals surface area contributed by atoms with Gasteiger partial charge in [0.15, 0.2) is 6.61 Å². The highest BCUT2D eigenvalue weighted by Gasteiger charge is 2.22. The lowest BCUT2D eigenvalue weighted by atomic mass is 9.86. The molecule has 3 rings (SSSR count). The maximum Gasteiger partial charge on any atom is 0.258 e. The molecule has 1 amide bonds. The summed E-state index contributed by atoms with van der Waals surface area (Å²) < 4.78 is 5.62. The van der Waals surface area contributed by atoms with Crippen molar-refractivity contribution in [3.8, 4) is 16.9 Å². The molecule has 132 valence electrons. The Morgan fingerprint density at radius 2 is 1.88 bits per heavy atom. The zero-order valence-electron chi connectivity index (χ0n) is 14.5. The van der Waals surface area contributed by atoms with Gasteiger partial charge in [0.05, 0.1) is 5.02 Å². The minimum atomic E-state index is -0.0815. The van der Waals surface area contributed by atoms with Crippen LogP contribution in [-0.2, 0) is 4.79 Å². The van der Waals surface area contributed by atoms with Crippen LogP contribution in [0.3, 0.4) is 0 Å². The SMILES string of the molecule is C[C@H]1CCCC[C@@H]1NC(=O)COc1ccc(-c2ccccc2)cc1Cl. The summed E-state index contributed by atoms with van der Waals surface area (Å²) >= 11 is 6.32. The largest absolute Gasteiger partial charge is 0.482 e. The number of rotatable bonds is 5. The van der Waals surface area contributed by atoms with Crippen LogP contribution < -0.4 is 10.1 Å². The molecule has 1 fully saturated rings. The third-order valence-electron chi connectivity index (χ3n) is 4.86. The van der Waals surface area contributed by atoms with Crippen LogP contribution in [0.2, 0.25) is 5.02 Å². The van der Waals surface area contributed by atoms with Crippen molar-refractivity contribution in [3.63, 3.8) is 0 Å². The number of benzene rings is 2. The Kier molecular flexibility index (Phi) is 5.98. The Labute approximate surface area is 154 Å². The van der Waals surface area contributed by atoms with Gasteiger partial charge in [0.1, 0.15) is 5.75 Å². The fourth-order valence-corrected chi connectivity index (χ4v) is 3.59. The highest BCUT2D eigenvalue weighted by atomic mass is 35.5. The summed E-state index contributed by atoms with van der Waals surface area (Å²) in [6, 6.07) is 15.9. The average molecular weight is 358 g/mol. The van der Waals surface area contributed by atoms with Gasteiger partial charge in [-0.3, -0.25) is 4.79 Å². The molecule has 0 unspecified atom stereocenters. The number of halogens is 1. The van der Waals surface area contributed by atoms with Crippen LogP contribution in [-0.4, -0.2) is 18.6 Å². The third kappa shape index (κ3) is 4.76. The molecule has 0 radical (unpaired) electrons. The minimum absolute atomic E-state index is 0.00633. The standard InChI is InChI=1S/C21H24ClNO2/c1-15-7-5-6-10-19(15)23-21(24)14-25-20-12-11-17(13-18(20)22)16-8-3-2-4-9-16/h2-4,8-9,11-13,15,19H,5-7,10,14H2,1H3,(H,23,24)/t15-,19-/m0/s1. The maximum absolute atomic E-state index is 12.2. The predicted molar refractivity (Wildman–Crippen MR) is 102 cm³/mol. The lowest BCUT2D eigenvalue weighted by Gasteiger charge is -2.29. The van der Waals surface area contributed by atoms with Gasteiger partial charge >= 0.3 is 0 Å². The van der Waals surface area contributed by atoms with Gasteiger partial charge in [-0.2, -0.15) is 0 Å². The Morgan fingerprint density at radius 1 is 1.12 bits per heavy atom. The van der Waals surface area contributed by atoms with Gasteiger partial charge in [-0.15, -0.1) is 0 Å². The van der Waals surface area contributed by atoms with Crippen molar-refractivity contribution >= 4 is 17.5 Å². The van der Waals surface area contributed by atoms with Gasteiger partial charge in [-0.1, -0.05) is 67.8 Å². The molecular formula is C21H24ClNO2. The molecule has 1 saturated carbocycles. The Morgan fingerprint density at radius 3 is 2.60 bits per heavy atom. The second-order valence-corrected chi connectivity index (χ2v) is 7.14. The van der Waals surface area contributed by atoms with Crippen LogP contribution in [0.15, 0.2) is 48.5 Å². The molecule has 1 N–H and O–H groups in total. The van der Waals surface area contributed by atoms with Crippen molar-refractivity contribution in [1.29, 1.82) is 0 Å². The molecule has 1 aliphatic carbocycles. The van der Waals surface area contributed by atoms with Gasteiger partial charge in [-0.25, -0.2) is 0 Å². The normalized spacial score (nSPS) is 20.1. The van der Waals surface area contributed by atoms with Crippen LogP contribution in [0.1, 0.15) is 32.6 Å². The topological polar surface area (TPSA) is 38.3 Å². The average Bonchev–Trinajstić information content (AvgIpc) is 2.63. The zero-order chi connectivity index (χ0) is 17.6. The summed E-state index contributed by atoms with van der Waals surface area (Å²) in [4.78, 5) is 12.2. The summed E-state index contributed by atoms with van der Waals surface area (Å²) in [7, 11) is 0. The molecule has 2 aromatic rings. The van der Waals surface area contributed by atoms with E-state index in [-0.39, 0.29) is 18.6 Å². The predicted octanol–water partition coefficient (Wildman–Crippen LogP) is 5.08. The number of hydrogen-bond acceptors (Lipinski definition) is 2. The fraction of sp³-hybridized carbons (Fsp3) is 0.381. The van der Waals surface area contributed by atoms with Crippen LogP contribution in [0.5, 0.6) is 5.75 Å². The van der Waals surface area contributed by atoms with Crippen molar-refractivity contribution < 1.29 is 9.53 Å². The number of carbonyl (C=O) groups is 1. The molecule has 2 aromatic carbocycles. The minimum Gasteiger partial charge on any atom is -0.482 e. The van der Waals surface area contributed by atoms with Crippen molar-refractivity contribution in [2.75, 3.05) is 6.61 Å². The van der Waals surface area contributed by atoms with E-state index < -0.39 is 0 Å². The Hall–Kier alpha value is -2.00. The third-order valence-corrected chi connectivity index (χ3v) is 5.15. The van der Waals surface area contributed by atoms with Crippen molar-refractivity contribution in [3.05, 3.63) is 53.6 Å². The molecular weight excluding hydrogens is 334 g/mol. The number of hydrogen-bond donors (Lipinski definition) is 1. The monoisotopic (exact) mass is 357 g/mol. The molecule has 0 heterocycles. The van der Waals surface area contributed by atoms with Gasteiger partial charge in [-0.05, 0) is 42.0 Å². The van der Waals surface area contributed by atoms with Gasteiger partial charge in [0.2, 0.25) is 0 Å². The second kappa shape index (κ2) is 8.39. The quantitative estimate of drug-likeness (QED) is 0.810. The highest BCUT2D eigenvalue weighted by Crippen LogP contribution is 2.30. The molecule has 0 spiro atoms. The van der Waals surface area contributed by atoms with E-state index in [9.17, 15) is 4.79 Å². The molecule has 3 nitrogen and oxygen atoms in total. The Balaban J connectivity index is 1.57. The molecule has 0 aliphatic heterocycles. The lowest BCUT2D eigenvalue weighted by Crippen LogP contribution is -2.43. The zero-order valence-corrected chi connectivity index (χ0v) is 15.3. The first kappa shape index (κ1) is 17.8. The van der Waals surface area contributed by atoms with E-state index in [4.69, 9.17) is 16.3 Å². The summed E-state index contributed by atoms with van der Waals surface area (Å²) in [6.45, 7) is 2.19. The van der Waals surface area contributed by atoms with E-state index in [0.29, 0.717) is 16.7 Å². The van der Waals surface area contributed by atoms with Crippen molar-refractivity contribution in [1.82, 2.24) is 5.32 Å². The number of carbonyl (C=O) groups excluding carboxylic acids is 1. The van der Waals surface area contributed by atoms with E-state index in [1.165, 1.54) is 19.3 Å². The van der Waals surface area contributed by atoms with Crippen molar-refractivity contribution in [2.24, 2.45) is 5.92 Å². The number of ether oxygens (including phenoxy) is 1. The summed E-state index contributed by atoms with van der Waals surface area (Å²) in [5, 5.41) is 3.60. The lowest BCUT2D eigenvalue weighted by molar-refractivity contribution is -0.124. The first-order valence-electron chi connectivity index (χ1n) is 8.90. The summed E-state index contributed by atoms with van der Waals surface area (Å²) in [6.07, 6.45) is 4.67. The molecule has 2 atom stereocenters. The smallest absolute Gasteiger partial charge is 0.258 e. The first-order chi connectivity index (χ1) is 12.1. The van der Waals surface area contributed by atoms with Crippen LogP contribution in [0.4, 0.5) is 0 Å². The van der Waals surface area contributed by atoms with E-state index >= 15 is 0 Å². The fourth-order valence-electron chi connectivity index (χ4n) is 3.35. The van der Waals surface area contributed by atoms with Gasteiger partial charge < -0.3 is 10.1 Å². The molecule has 4 heteroatoms. The number of nitrogens with one attached hydrogen (secondary N) is 1. The van der Waals surface area contributed by atoms with E-state index in [2.05, 4.69) is 12.2 Å². The van der Waals surface area contributed by atoms with Crippen LogP contribution >= 0.6 is 11.6 Å². The molecule has 0 aromatic heterocycles. The Bertz CT molecular complexity index is 717. The number of amides is 1. The van der Waals surface area contributed by atoms with E-state index in [1.807, 2.05) is 48.5 Å². The first-order valence-corrected chi connectivity index (χ1v) is 9.28. The molecule has 0 saturated heterocycles. The van der Waals surface area contributed by atoms with Gasteiger partial charge in [0, 0.05) is 6.04 Å². The summed E-state index contributed by atoms with van der Waals surface area (Å²) in [5.41, 5.74) is 2.12. The maximum atomic E-state index is 12.2. The van der Waals surface area contributed by atoms with Gasteiger partial charge in [0.25, 0.3) is 5.91 Å². The van der Waals surface area contributed by atoms with Crippen molar-refractivity contribution in [2.45, 2.75) is 38.6 Å². The van der Waals surface area contributed by atoms with Crippen LogP contribution in [0, 0.1) is 5.92 Å². The van der Waals surface area contributed by atoms with Crippen LogP contribution in [0.25, 0.3) is 11.1 Å². The van der Waals surface area contributed by atoms with E-state index in [1.54, 1.807) is 0 Å². The molecule has 0 bridgehead atoms.